The second kappa shape index (κ2) is 7.17. The summed E-state index contributed by atoms with van der Waals surface area (Å²) in [4.78, 5) is 25.9. The van der Waals surface area contributed by atoms with Crippen molar-refractivity contribution in [2.24, 2.45) is 0 Å². The summed E-state index contributed by atoms with van der Waals surface area (Å²) in [5.41, 5.74) is -1.03. The van der Waals surface area contributed by atoms with E-state index in [4.69, 9.17) is 9.47 Å². The number of likely N-dealkylation sites (tertiary alicyclic amines) is 1. The molecule has 1 saturated heterocycles. The Morgan fingerprint density at radius 3 is 2.12 bits per heavy atom. The van der Waals surface area contributed by atoms with Crippen LogP contribution in [-0.4, -0.2) is 35.7 Å². The predicted molar refractivity (Wildman–Crippen MR) is 87.3 cm³/mol. The molecule has 1 amide bonds. The first-order valence-corrected chi connectivity index (χ1v) is 8.20. The van der Waals surface area contributed by atoms with E-state index in [9.17, 15) is 22.8 Å². The Balaban J connectivity index is 2.33. The van der Waals surface area contributed by atoms with Gasteiger partial charge in [-0.25, -0.2) is 9.59 Å². The highest BCUT2D eigenvalue weighted by atomic mass is 19.4. The number of methoxy groups -OCH3 is 1. The van der Waals surface area contributed by atoms with Crippen molar-refractivity contribution in [1.82, 2.24) is 4.90 Å². The van der Waals surface area contributed by atoms with Crippen LogP contribution >= 0.6 is 0 Å². The van der Waals surface area contributed by atoms with Crippen molar-refractivity contribution in [1.29, 1.82) is 0 Å². The van der Waals surface area contributed by atoms with Crippen LogP contribution < -0.4 is 0 Å². The average Bonchev–Trinajstić information content (AvgIpc) is 2.97. The fourth-order valence-corrected chi connectivity index (χ4v) is 2.97. The predicted octanol–water partition coefficient (Wildman–Crippen LogP) is 4.32. The number of hydrogen-bond donors (Lipinski definition) is 0. The highest BCUT2D eigenvalue weighted by Gasteiger charge is 2.44. The summed E-state index contributed by atoms with van der Waals surface area (Å²) in [5, 5.41) is 0. The Morgan fingerprint density at radius 1 is 1.08 bits per heavy atom. The molecule has 0 radical (unpaired) electrons. The molecule has 1 aliphatic rings. The van der Waals surface area contributed by atoms with E-state index < -0.39 is 41.5 Å². The molecule has 26 heavy (non-hydrogen) atoms. The minimum Gasteiger partial charge on any atom is -0.467 e. The largest absolute Gasteiger partial charge is 0.467 e. The number of esters is 1. The molecule has 5 nitrogen and oxygen atoms in total. The van der Waals surface area contributed by atoms with Crippen molar-refractivity contribution in [3.05, 3.63) is 35.4 Å². The number of rotatable bonds is 2. The lowest BCUT2D eigenvalue weighted by molar-refractivity contribution is -0.146. The monoisotopic (exact) mass is 373 g/mol. The number of amides is 1. The minimum absolute atomic E-state index is 0.345. The van der Waals surface area contributed by atoms with Gasteiger partial charge in [-0.1, -0.05) is 12.1 Å². The van der Waals surface area contributed by atoms with Crippen LogP contribution in [0.25, 0.3) is 0 Å². The first-order chi connectivity index (χ1) is 11.9. The summed E-state index contributed by atoms with van der Waals surface area (Å²) in [6.45, 7) is 5.09. The lowest BCUT2D eigenvalue weighted by Gasteiger charge is -2.31. The van der Waals surface area contributed by atoms with Gasteiger partial charge in [0, 0.05) is 0 Å². The van der Waals surface area contributed by atoms with Crippen molar-refractivity contribution < 1.29 is 32.2 Å². The Bertz CT molecular complexity index is 664. The van der Waals surface area contributed by atoms with E-state index in [0.29, 0.717) is 18.4 Å². The molecule has 1 heterocycles. The number of benzene rings is 1. The van der Waals surface area contributed by atoms with E-state index in [1.54, 1.807) is 20.8 Å². The summed E-state index contributed by atoms with van der Waals surface area (Å²) in [5.74, 6) is -0.578. The van der Waals surface area contributed by atoms with Gasteiger partial charge in [0.15, 0.2) is 0 Å². The number of hydrogen-bond acceptors (Lipinski definition) is 4. The molecule has 1 aromatic rings. The van der Waals surface area contributed by atoms with Gasteiger partial charge in [-0.3, -0.25) is 4.90 Å². The zero-order valence-electron chi connectivity index (χ0n) is 15.1. The number of carbonyl (C=O) groups excluding carboxylic acids is 2. The van der Waals surface area contributed by atoms with E-state index in [-0.39, 0.29) is 0 Å². The van der Waals surface area contributed by atoms with Gasteiger partial charge in [-0.15, -0.1) is 0 Å². The van der Waals surface area contributed by atoms with Crippen LogP contribution in [0.4, 0.5) is 18.0 Å². The standard InChI is InChI=1S/C18H22F3NO4/c1-17(2,3)26-16(24)22-13(9-10-14(22)15(23)25-4)11-5-7-12(8-6-11)18(19,20)21/h5-8,13-14H,9-10H2,1-4H3/t13-,14+/m1/s1. The molecule has 0 N–H and O–H groups in total. The van der Waals surface area contributed by atoms with Crippen LogP contribution in [0.15, 0.2) is 24.3 Å². The maximum atomic E-state index is 12.8. The minimum atomic E-state index is -4.44. The average molecular weight is 373 g/mol. The zero-order chi connectivity index (χ0) is 19.7. The van der Waals surface area contributed by atoms with Crippen LogP contribution in [0.2, 0.25) is 0 Å². The SMILES string of the molecule is COC(=O)[C@@H]1CC[C@H](c2ccc(C(F)(F)F)cc2)N1C(=O)OC(C)(C)C. The molecular formula is C18H22F3NO4. The zero-order valence-corrected chi connectivity index (χ0v) is 15.1. The summed E-state index contributed by atoms with van der Waals surface area (Å²) < 4.78 is 48.4. The second-order valence-corrected chi connectivity index (χ2v) is 7.14. The van der Waals surface area contributed by atoms with Crippen LogP contribution in [0.1, 0.15) is 50.8 Å². The van der Waals surface area contributed by atoms with E-state index >= 15 is 0 Å². The molecule has 2 atom stereocenters. The van der Waals surface area contributed by atoms with Crippen molar-refractivity contribution in [3.63, 3.8) is 0 Å². The molecule has 8 heteroatoms. The molecule has 0 bridgehead atoms. The van der Waals surface area contributed by atoms with Gasteiger partial charge in [0.2, 0.25) is 0 Å². The maximum absolute atomic E-state index is 12.8. The van der Waals surface area contributed by atoms with Gasteiger partial charge < -0.3 is 9.47 Å². The van der Waals surface area contributed by atoms with Gasteiger partial charge in [-0.05, 0) is 51.3 Å². The lowest BCUT2D eigenvalue weighted by Crippen LogP contribution is -2.44. The third-order valence-electron chi connectivity index (χ3n) is 4.09. The molecular weight excluding hydrogens is 351 g/mol. The lowest BCUT2D eigenvalue weighted by atomic mass is 10.0. The van der Waals surface area contributed by atoms with E-state index in [1.165, 1.54) is 24.1 Å². The van der Waals surface area contributed by atoms with Crippen molar-refractivity contribution in [2.45, 2.75) is 57.5 Å². The molecule has 1 fully saturated rings. The van der Waals surface area contributed by atoms with Crippen LogP contribution in [0.3, 0.4) is 0 Å². The number of carbonyl (C=O) groups is 2. The van der Waals surface area contributed by atoms with Gasteiger partial charge in [0.05, 0.1) is 18.7 Å². The molecule has 0 aromatic heterocycles. The first kappa shape index (κ1) is 20.1. The third-order valence-corrected chi connectivity index (χ3v) is 4.09. The Labute approximate surface area is 150 Å². The van der Waals surface area contributed by atoms with Crippen LogP contribution in [0.5, 0.6) is 0 Å². The highest BCUT2D eigenvalue weighted by Crippen LogP contribution is 2.39. The molecule has 0 aliphatic carbocycles. The normalized spacial score (nSPS) is 20.8. The van der Waals surface area contributed by atoms with E-state index in [2.05, 4.69) is 0 Å². The molecule has 2 rings (SSSR count). The second-order valence-electron chi connectivity index (χ2n) is 7.14. The summed E-state index contributed by atoms with van der Waals surface area (Å²) in [6.07, 6.45) is -4.37. The molecule has 144 valence electrons. The van der Waals surface area contributed by atoms with Gasteiger partial charge in [0.1, 0.15) is 11.6 Å². The highest BCUT2D eigenvalue weighted by molar-refractivity contribution is 5.82. The van der Waals surface area contributed by atoms with E-state index in [1.807, 2.05) is 0 Å². The fourth-order valence-electron chi connectivity index (χ4n) is 2.97. The summed E-state index contributed by atoms with van der Waals surface area (Å²) in [7, 11) is 1.22. The van der Waals surface area contributed by atoms with Gasteiger partial charge in [0.25, 0.3) is 0 Å². The number of alkyl halides is 3. The van der Waals surface area contributed by atoms with E-state index in [0.717, 1.165) is 12.1 Å². The molecule has 1 aromatic carbocycles. The Hall–Kier alpha value is -2.25. The topological polar surface area (TPSA) is 55.8 Å². The van der Waals surface area contributed by atoms with Gasteiger partial charge in [-0.2, -0.15) is 13.2 Å². The van der Waals surface area contributed by atoms with Crippen molar-refractivity contribution >= 4 is 12.1 Å². The molecule has 1 aliphatic heterocycles. The fraction of sp³-hybridized carbons (Fsp3) is 0.556. The number of nitrogens with zero attached hydrogens (tertiary/aromatic N) is 1. The third kappa shape index (κ3) is 4.47. The van der Waals surface area contributed by atoms with Crippen molar-refractivity contribution in [3.8, 4) is 0 Å². The summed E-state index contributed by atoms with van der Waals surface area (Å²) in [6, 6.07) is 3.19. The number of ether oxygens (including phenoxy) is 2. The Kier molecular flexibility index (Phi) is 5.53. The first-order valence-electron chi connectivity index (χ1n) is 8.20. The molecule has 0 saturated carbocycles. The quantitative estimate of drug-likeness (QED) is 0.725. The molecule has 0 unspecified atom stereocenters. The Morgan fingerprint density at radius 2 is 1.65 bits per heavy atom. The summed E-state index contributed by atoms with van der Waals surface area (Å²) >= 11 is 0. The molecule has 0 spiro atoms. The van der Waals surface area contributed by atoms with Crippen molar-refractivity contribution in [2.75, 3.05) is 7.11 Å². The number of halogens is 3. The smallest absolute Gasteiger partial charge is 0.416 e. The van der Waals surface area contributed by atoms with Crippen LogP contribution in [-0.2, 0) is 20.4 Å². The maximum Gasteiger partial charge on any atom is 0.416 e. The van der Waals surface area contributed by atoms with Gasteiger partial charge >= 0.3 is 18.2 Å². The van der Waals surface area contributed by atoms with Crippen LogP contribution in [0, 0.1) is 0 Å².